The molecule has 3 nitrogen and oxygen atoms in total. The molecule has 3 heteroatoms. The van der Waals surface area contributed by atoms with E-state index >= 15 is 0 Å². The molecule has 2 unspecified atom stereocenters. The van der Waals surface area contributed by atoms with Crippen molar-refractivity contribution < 1.29 is 0 Å². The van der Waals surface area contributed by atoms with Crippen LogP contribution in [0.3, 0.4) is 0 Å². The fourth-order valence-corrected chi connectivity index (χ4v) is 8.68. The topological polar surface area (TPSA) is 29.0 Å². The van der Waals surface area contributed by atoms with Crippen molar-refractivity contribution in [1.29, 1.82) is 0 Å². The van der Waals surface area contributed by atoms with Gasteiger partial charge >= 0.3 is 0 Å². The normalized spacial score (nSPS) is 17.2. The number of aromatic nitrogens is 1. The van der Waals surface area contributed by atoms with E-state index in [1.54, 1.807) is 0 Å². The van der Waals surface area contributed by atoms with Crippen LogP contribution in [0.1, 0.15) is 40.0 Å². The molecule has 0 spiro atoms. The van der Waals surface area contributed by atoms with Crippen molar-refractivity contribution in [1.82, 2.24) is 4.57 Å². The summed E-state index contributed by atoms with van der Waals surface area (Å²) in [7, 11) is 0. The first-order valence-corrected chi connectivity index (χ1v) is 16.8. The van der Waals surface area contributed by atoms with E-state index in [9.17, 15) is 0 Å². The smallest absolute Gasteiger partial charge is 0.129 e. The number of para-hydroxylation sites is 3. The molecule has 7 aromatic carbocycles. The van der Waals surface area contributed by atoms with Gasteiger partial charge in [-0.15, -0.1) is 0 Å². The minimum atomic E-state index is -0.442. The number of nitrogens with one attached hydrogen (secondary N) is 2. The summed E-state index contributed by atoms with van der Waals surface area (Å²) in [5.74, 6) is 0. The Kier molecular flexibility index (Phi) is 5.91. The molecule has 0 saturated heterocycles. The molecular weight excluding hydrogens is 583 g/mol. The van der Waals surface area contributed by atoms with Crippen LogP contribution >= 0.6 is 0 Å². The Labute approximate surface area is 280 Å². The summed E-state index contributed by atoms with van der Waals surface area (Å²) < 4.78 is 2.54. The average Bonchev–Trinajstić information content (AvgIpc) is 3.66. The summed E-state index contributed by atoms with van der Waals surface area (Å²) >= 11 is 0. The predicted molar refractivity (Wildman–Crippen MR) is 199 cm³/mol. The van der Waals surface area contributed by atoms with Crippen LogP contribution in [-0.2, 0) is 5.41 Å². The number of rotatable bonds is 4. The molecule has 0 radical (unpaired) electrons. The molecule has 1 aliphatic carbocycles. The molecule has 2 aliphatic rings. The molecule has 0 bridgehead atoms. The van der Waals surface area contributed by atoms with Gasteiger partial charge in [-0.25, -0.2) is 0 Å². The molecule has 2 atom stereocenters. The lowest BCUT2D eigenvalue weighted by Gasteiger charge is -2.38. The van der Waals surface area contributed by atoms with Gasteiger partial charge in [0.15, 0.2) is 0 Å². The number of nitrogens with zero attached hydrogens (tertiary/aromatic N) is 1. The van der Waals surface area contributed by atoms with Crippen molar-refractivity contribution in [3.8, 4) is 11.1 Å². The lowest BCUT2D eigenvalue weighted by atomic mass is 9.67. The highest BCUT2D eigenvalue weighted by molar-refractivity contribution is 6.17. The third-order valence-electron chi connectivity index (χ3n) is 10.6. The number of anilines is 2. The SMILES string of the molecule is c1ccc(C2Nc3ccccc3NC2n2c3ccccc3c3c4c(ccc32)C(c2ccccc2)(c2ccccc2)c2ccccc2-4)cc1. The first-order valence-electron chi connectivity index (χ1n) is 16.8. The zero-order chi connectivity index (χ0) is 31.7. The highest BCUT2D eigenvalue weighted by atomic mass is 15.3. The maximum atomic E-state index is 3.99. The summed E-state index contributed by atoms with van der Waals surface area (Å²) in [6, 6.07) is 64.3. The Hall–Kier alpha value is -6.06. The molecule has 2 N–H and O–H groups in total. The van der Waals surface area contributed by atoms with Crippen molar-refractivity contribution in [2.24, 2.45) is 0 Å². The van der Waals surface area contributed by atoms with Gasteiger partial charge in [-0.3, -0.25) is 0 Å². The molecule has 1 aliphatic heterocycles. The monoisotopic (exact) mass is 615 g/mol. The van der Waals surface area contributed by atoms with Gasteiger partial charge in [0.1, 0.15) is 6.17 Å². The van der Waals surface area contributed by atoms with Gasteiger partial charge < -0.3 is 15.2 Å². The van der Waals surface area contributed by atoms with Gasteiger partial charge in [-0.1, -0.05) is 152 Å². The van der Waals surface area contributed by atoms with E-state index in [1.165, 1.54) is 60.8 Å². The summed E-state index contributed by atoms with van der Waals surface area (Å²) in [5, 5.41) is 10.5. The first kappa shape index (κ1) is 27.1. The average molecular weight is 616 g/mol. The van der Waals surface area contributed by atoms with Crippen LogP contribution in [0, 0.1) is 0 Å². The zero-order valence-electron chi connectivity index (χ0n) is 26.3. The van der Waals surface area contributed by atoms with E-state index in [4.69, 9.17) is 0 Å². The molecule has 48 heavy (non-hydrogen) atoms. The summed E-state index contributed by atoms with van der Waals surface area (Å²) in [5.41, 5.74) is 13.3. The quantitative estimate of drug-likeness (QED) is 0.206. The van der Waals surface area contributed by atoms with Crippen molar-refractivity contribution >= 4 is 33.2 Å². The van der Waals surface area contributed by atoms with Crippen LogP contribution in [0.4, 0.5) is 11.4 Å². The van der Waals surface area contributed by atoms with Crippen LogP contribution < -0.4 is 10.6 Å². The number of hydrogen-bond acceptors (Lipinski definition) is 2. The van der Waals surface area contributed by atoms with Gasteiger partial charge in [0.2, 0.25) is 0 Å². The third-order valence-corrected chi connectivity index (χ3v) is 10.6. The van der Waals surface area contributed by atoms with Crippen LogP contribution in [0.25, 0.3) is 32.9 Å². The Morgan fingerprint density at radius 3 is 1.77 bits per heavy atom. The van der Waals surface area contributed by atoms with Gasteiger partial charge in [0.05, 0.1) is 33.9 Å². The molecule has 8 aromatic rings. The Balaban J connectivity index is 1.31. The van der Waals surface area contributed by atoms with Crippen molar-refractivity contribution in [3.05, 3.63) is 204 Å². The molecule has 0 saturated carbocycles. The van der Waals surface area contributed by atoms with Gasteiger partial charge in [0, 0.05) is 10.8 Å². The fourth-order valence-electron chi connectivity index (χ4n) is 8.68. The van der Waals surface area contributed by atoms with E-state index in [1.807, 2.05) is 0 Å². The van der Waals surface area contributed by atoms with E-state index in [2.05, 4.69) is 191 Å². The highest BCUT2D eigenvalue weighted by Gasteiger charge is 2.47. The van der Waals surface area contributed by atoms with Crippen molar-refractivity contribution in [3.63, 3.8) is 0 Å². The lowest BCUT2D eigenvalue weighted by Crippen LogP contribution is -2.34. The van der Waals surface area contributed by atoms with Crippen molar-refractivity contribution in [2.45, 2.75) is 17.6 Å². The third kappa shape index (κ3) is 3.70. The number of fused-ring (bicyclic) bond motifs is 8. The maximum absolute atomic E-state index is 3.99. The summed E-state index contributed by atoms with van der Waals surface area (Å²) in [4.78, 5) is 0. The molecule has 1 aromatic heterocycles. The number of hydrogen-bond donors (Lipinski definition) is 2. The van der Waals surface area contributed by atoms with Gasteiger partial charge in [-0.2, -0.15) is 0 Å². The highest BCUT2D eigenvalue weighted by Crippen LogP contribution is 2.59. The fraction of sp³-hybridized carbons (Fsp3) is 0.0667. The zero-order valence-corrected chi connectivity index (χ0v) is 26.3. The minimum Gasteiger partial charge on any atom is -0.373 e. The second kappa shape index (κ2) is 10.5. The molecule has 10 rings (SSSR count). The second-order valence-corrected chi connectivity index (χ2v) is 13.0. The van der Waals surface area contributed by atoms with Crippen molar-refractivity contribution in [2.75, 3.05) is 10.6 Å². The molecule has 228 valence electrons. The van der Waals surface area contributed by atoms with E-state index < -0.39 is 5.41 Å². The number of benzene rings is 7. The molecular formula is C45H33N3. The molecule has 0 fully saturated rings. The standard InChI is InChI=1S/C45H33N3/c1-4-16-30(17-5-1)43-44(47-38-26-14-13-25-37(38)46-43)48-39-27-15-11-23-34(39)42-40(48)29-28-36-41(42)33-22-10-12-24-35(33)45(36,31-18-6-2-7-19-31)32-20-8-3-9-21-32/h1-29,43-44,46-47H. The molecule has 2 heterocycles. The van der Waals surface area contributed by atoms with E-state index in [-0.39, 0.29) is 12.2 Å². The largest absolute Gasteiger partial charge is 0.373 e. The lowest BCUT2D eigenvalue weighted by molar-refractivity contribution is 0.506. The van der Waals surface area contributed by atoms with Crippen LogP contribution in [-0.4, -0.2) is 4.57 Å². The van der Waals surface area contributed by atoms with Crippen LogP contribution in [0.2, 0.25) is 0 Å². The van der Waals surface area contributed by atoms with Gasteiger partial charge in [0.25, 0.3) is 0 Å². The Morgan fingerprint density at radius 2 is 1.04 bits per heavy atom. The van der Waals surface area contributed by atoms with Crippen LogP contribution in [0.15, 0.2) is 176 Å². The summed E-state index contributed by atoms with van der Waals surface area (Å²) in [6.07, 6.45) is -0.0765. The van der Waals surface area contributed by atoms with Gasteiger partial charge in [-0.05, 0) is 63.2 Å². The van der Waals surface area contributed by atoms with E-state index in [0.29, 0.717) is 0 Å². The predicted octanol–water partition coefficient (Wildman–Crippen LogP) is 10.9. The maximum Gasteiger partial charge on any atom is 0.129 e. The summed E-state index contributed by atoms with van der Waals surface area (Å²) in [6.45, 7) is 0. The Morgan fingerprint density at radius 1 is 0.458 bits per heavy atom. The second-order valence-electron chi connectivity index (χ2n) is 13.0. The van der Waals surface area contributed by atoms with E-state index in [0.717, 1.165) is 11.4 Å². The minimum absolute atomic E-state index is 0.00775. The first-order chi connectivity index (χ1) is 23.8. The Bertz CT molecular complexity index is 2420. The molecule has 0 amide bonds. The van der Waals surface area contributed by atoms with Crippen LogP contribution in [0.5, 0.6) is 0 Å².